The molecule has 2 aromatic heterocycles. The molecule has 8 heteroatoms. The molecule has 0 saturated carbocycles. The number of carbonyl (C=O) groups is 1. The van der Waals surface area contributed by atoms with Crippen molar-refractivity contribution >= 4 is 5.91 Å². The fraction of sp³-hybridized carbons (Fsp3) is 0.333. The Labute approximate surface area is 186 Å². The van der Waals surface area contributed by atoms with E-state index in [2.05, 4.69) is 31.2 Å². The molecule has 3 aromatic rings. The summed E-state index contributed by atoms with van der Waals surface area (Å²) in [5, 5.41) is 3.12. The Morgan fingerprint density at radius 2 is 1.94 bits per heavy atom. The lowest BCUT2D eigenvalue weighted by atomic mass is 10.0. The van der Waals surface area contributed by atoms with Gasteiger partial charge in [-0.05, 0) is 17.2 Å². The summed E-state index contributed by atoms with van der Waals surface area (Å²) in [6.07, 6.45) is 9.17. The van der Waals surface area contributed by atoms with Gasteiger partial charge in [-0.2, -0.15) is 0 Å². The number of hydrogen-bond acceptors (Lipinski definition) is 7. The van der Waals surface area contributed by atoms with Gasteiger partial charge < -0.3 is 14.8 Å². The summed E-state index contributed by atoms with van der Waals surface area (Å²) < 4.78 is 11.7. The van der Waals surface area contributed by atoms with Crippen molar-refractivity contribution in [1.29, 1.82) is 0 Å². The molecule has 0 radical (unpaired) electrons. The van der Waals surface area contributed by atoms with Gasteiger partial charge >= 0.3 is 0 Å². The van der Waals surface area contributed by atoms with Crippen LogP contribution in [0.2, 0.25) is 0 Å². The minimum atomic E-state index is -0.395. The maximum Gasteiger partial charge on any atom is 0.242 e. The van der Waals surface area contributed by atoms with Crippen molar-refractivity contribution in [2.24, 2.45) is 0 Å². The number of nitrogens with one attached hydrogen (secondary N) is 1. The van der Waals surface area contributed by atoms with Gasteiger partial charge in [-0.15, -0.1) is 0 Å². The van der Waals surface area contributed by atoms with Crippen molar-refractivity contribution in [2.45, 2.75) is 18.6 Å². The standard InChI is InChI=1S/C24H25N5O3/c30-24(22(18-4-2-6-25-12-18)29-7-9-31-10-8-29)28-15-20-11-17-3-1-5-21(23(17)32-20)19-13-26-16-27-14-19/h1-6,12-14,16,20,22H,7-11,15H2,(H,28,30). The lowest BCUT2D eigenvalue weighted by Gasteiger charge is -2.33. The fourth-order valence-electron chi connectivity index (χ4n) is 4.33. The number of benzene rings is 1. The van der Waals surface area contributed by atoms with Crippen molar-refractivity contribution in [1.82, 2.24) is 25.2 Å². The molecule has 164 valence electrons. The van der Waals surface area contributed by atoms with Crippen LogP contribution in [0.4, 0.5) is 0 Å². The van der Waals surface area contributed by atoms with Gasteiger partial charge in [0, 0.05) is 55.4 Å². The van der Waals surface area contributed by atoms with Crippen LogP contribution in [-0.4, -0.2) is 64.7 Å². The number of nitrogens with zero attached hydrogens (tertiary/aromatic N) is 4. The van der Waals surface area contributed by atoms with E-state index in [0.717, 1.165) is 34.4 Å². The molecule has 8 nitrogen and oxygen atoms in total. The minimum Gasteiger partial charge on any atom is -0.487 e. The predicted molar refractivity (Wildman–Crippen MR) is 118 cm³/mol. The third-order valence-electron chi connectivity index (χ3n) is 5.86. The lowest BCUT2D eigenvalue weighted by molar-refractivity contribution is -0.128. The number of fused-ring (bicyclic) bond motifs is 1. The number of hydrogen-bond donors (Lipinski definition) is 1. The largest absolute Gasteiger partial charge is 0.487 e. The summed E-state index contributed by atoms with van der Waals surface area (Å²) in [5.74, 6) is 0.801. The van der Waals surface area contributed by atoms with Crippen LogP contribution in [0.5, 0.6) is 5.75 Å². The first kappa shape index (κ1) is 20.5. The zero-order chi connectivity index (χ0) is 21.8. The summed E-state index contributed by atoms with van der Waals surface area (Å²) in [5.41, 5.74) is 3.90. The van der Waals surface area contributed by atoms with E-state index in [9.17, 15) is 4.79 Å². The molecule has 0 aliphatic carbocycles. The normalized spacial score (nSPS) is 19.1. The van der Waals surface area contributed by atoms with Crippen molar-refractivity contribution in [3.8, 4) is 16.9 Å². The first-order valence-electron chi connectivity index (χ1n) is 10.8. The summed E-state index contributed by atoms with van der Waals surface area (Å²) in [6.45, 7) is 3.09. The Kier molecular flexibility index (Phi) is 6.04. The number of rotatable bonds is 6. The SMILES string of the molecule is O=C(NCC1Cc2cccc(-c3cncnc3)c2O1)C(c1cccnc1)N1CCOCC1. The third-order valence-corrected chi connectivity index (χ3v) is 5.86. The maximum absolute atomic E-state index is 13.3. The number of pyridine rings is 1. The van der Waals surface area contributed by atoms with Crippen LogP contribution < -0.4 is 10.1 Å². The van der Waals surface area contributed by atoms with Crippen molar-refractivity contribution in [3.05, 3.63) is 72.6 Å². The Balaban J connectivity index is 1.28. The Morgan fingerprint density at radius 3 is 2.72 bits per heavy atom. The summed E-state index contributed by atoms with van der Waals surface area (Å²) in [6, 6.07) is 9.51. The number of carbonyl (C=O) groups excluding carboxylic acids is 1. The molecule has 2 atom stereocenters. The molecule has 2 aliphatic rings. The van der Waals surface area contributed by atoms with Gasteiger partial charge in [0.25, 0.3) is 0 Å². The van der Waals surface area contributed by atoms with Crippen LogP contribution in [0, 0.1) is 0 Å². The van der Waals surface area contributed by atoms with Gasteiger partial charge in [0.15, 0.2) is 0 Å². The summed E-state index contributed by atoms with van der Waals surface area (Å²) in [4.78, 5) is 27.9. The molecule has 0 spiro atoms. The van der Waals surface area contributed by atoms with Crippen LogP contribution in [0.3, 0.4) is 0 Å². The molecule has 1 aromatic carbocycles. The van der Waals surface area contributed by atoms with Crippen LogP contribution in [0.25, 0.3) is 11.1 Å². The predicted octanol–water partition coefficient (Wildman–Crippen LogP) is 2.03. The highest BCUT2D eigenvalue weighted by Crippen LogP contribution is 2.38. The quantitative estimate of drug-likeness (QED) is 0.639. The monoisotopic (exact) mass is 431 g/mol. The molecule has 1 N–H and O–H groups in total. The summed E-state index contributed by atoms with van der Waals surface area (Å²) >= 11 is 0. The second-order valence-electron chi connectivity index (χ2n) is 7.95. The average Bonchev–Trinajstić information content (AvgIpc) is 3.28. The van der Waals surface area contributed by atoms with E-state index >= 15 is 0 Å². The first-order chi connectivity index (χ1) is 15.8. The molecule has 1 saturated heterocycles. The van der Waals surface area contributed by atoms with Gasteiger partial charge in [0.05, 0.1) is 19.8 Å². The van der Waals surface area contributed by atoms with Crippen molar-refractivity contribution < 1.29 is 14.3 Å². The van der Waals surface area contributed by atoms with Gasteiger partial charge in [-0.3, -0.25) is 14.7 Å². The molecule has 0 bridgehead atoms. The van der Waals surface area contributed by atoms with Gasteiger partial charge in [0.2, 0.25) is 5.91 Å². The van der Waals surface area contributed by atoms with Crippen LogP contribution in [-0.2, 0) is 16.0 Å². The lowest BCUT2D eigenvalue weighted by Crippen LogP contribution is -2.47. The second kappa shape index (κ2) is 9.42. The molecule has 4 heterocycles. The molecule has 1 amide bonds. The second-order valence-corrected chi connectivity index (χ2v) is 7.95. The Hall–Kier alpha value is -3.36. The first-order valence-corrected chi connectivity index (χ1v) is 10.8. The molecule has 2 unspecified atom stereocenters. The number of amides is 1. The summed E-state index contributed by atoms with van der Waals surface area (Å²) in [7, 11) is 0. The van der Waals surface area contributed by atoms with Crippen LogP contribution >= 0.6 is 0 Å². The van der Waals surface area contributed by atoms with Crippen LogP contribution in [0.15, 0.2) is 61.4 Å². The molecular formula is C24H25N5O3. The van der Waals surface area contributed by atoms with Gasteiger partial charge in [-0.1, -0.05) is 24.3 Å². The van der Waals surface area contributed by atoms with Crippen LogP contribution in [0.1, 0.15) is 17.2 Å². The zero-order valence-electron chi connectivity index (χ0n) is 17.7. The van der Waals surface area contributed by atoms with E-state index in [4.69, 9.17) is 9.47 Å². The van der Waals surface area contributed by atoms with E-state index in [1.54, 1.807) is 24.8 Å². The highest BCUT2D eigenvalue weighted by atomic mass is 16.5. The van der Waals surface area contributed by atoms with E-state index in [0.29, 0.717) is 32.8 Å². The molecule has 32 heavy (non-hydrogen) atoms. The smallest absolute Gasteiger partial charge is 0.242 e. The number of para-hydroxylation sites is 1. The number of morpholine rings is 1. The van der Waals surface area contributed by atoms with Gasteiger partial charge in [-0.25, -0.2) is 9.97 Å². The van der Waals surface area contributed by atoms with Gasteiger partial charge in [0.1, 0.15) is 24.2 Å². The third kappa shape index (κ3) is 4.32. The van der Waals surface area contributed by atoms with E-state index in [-0.39, 0.29) is 12.0 Å². The average molecular weight is 431 g/mol. The van der Waals surface area contributed by atoms with Crippen molar-refractivity contribution in [2.75, 3.05) is 32.8 Å². The Bertz CT molecular complexity index is 1060. The minimum absolute atomic E-state index is 0.0452. The Morgan fingerprint density at radius 1 is 1.09 bits per heavy atom. The number of ether oxygens (including phenoxy) is 2. The zero-order valence-corrected chi connectivity index (χ0v) is 17.7. The van der Waals surface area contributed by atoms with E-state index in [1.807, 2.05) is 24.3 Å². The van der Waals surface area contributed by atoms with E-state index in [1.165, 1.54) is 6.33 Å². The topological polar surface area (TPSA) is 89.5 Å². The number of aromatic nitrogens is 3. The fourth-order valence-corrected chi connectivity index (χ4v) is 4.33. The van der Waals surface area contributed by atoms with Crippen molar-refractivity contribution in [3.63, 3.8) is 0 Å². The molecule has 1 fully saturated rings. The van der Waals surface area contributed by atoms with E-state index < -0.39 is 6.04 Å². The molecule has 5 rings (SSSR count). The highest BCUT2D eigenvalue weighted by molar-refractivity contribution is 5.83. The maximum atomic E-state index is 13.3. The molecule has 2 aliphatic heterocycles. The molecular weight excluding hydrogens is 406 g/mol. The highest BCUT2D eigenvalue weighted by Gasteiger charge is 2.31.